The maximum Gasteiger partial charge on any atom is 0.274 e. The van der Waals surface area contributed by atoms with Gasteiger partial charge in [0.1, 0.15) is 0 Å². The number of aliphatic hydroxyl groups is 1. The summed E-state index contributed by atoms with van der Waals surface area (Å²) in [6.45, 7) is 2.34. The quantitative estimate of drug-likeness (QED) is 0.508. The lowest BCUT2D eigenvalue weighted by atomic mass is 10.00. The van der Waals surface area contributed by atoms with E-state index in [0.717, 1.165) is 36.0 Å². The Morgan fingerprint density at radius 1 is 1.00 bits per heavy atom. The van der Waals surface area contributed by atoms with Gasteiger partial charge in [0.05, 0.1) is 24.2 Å². The molecule has 0 bridgehead atoms. The van der Waals surface area contributed by atoms with E-state index in [0.29, 0.717) is 11.9 Å². The number of aliphatic hydroxyl groups excluding tert-OH is 1. The maximum atomic E-state index is 12.9. The van der Waals surface area contributed by atoms with Crippen molar-refractivity contribution in [3.05, 3.63) is 98.8 Å². The molecule has 5 rings (SSSR count). The Morgan fingerprint density at radius 3 is 2.62 bits per heavy atom. The summed E-state index contributed by atoms with van der Waals surface area (Å²) in [5.41, 5.74) is 4.02. The number of nitrogens with one attached hydrogen (secondary N) is 1. The van der Waals surface area contributed by atoms with Crippen LogP contribution in [0.4, 0.5) is 0 Å². The Labute approximate surface area is 184 Å². The summed E-state index contributed by atoms with van der Waals surface area (Å²) in [4.78, 5) is 29.1. The van der Waals surface area contributed by atoms with Crippen molar-refractivity contribution >= 4 is 10.8 Å². The van der Waals surface area contributed by atoms with Gasteiger partial charge >= 0.3 is 0 Å². The lowest BCUT2D eigenvalue weighted by Crippen LogP contribution is -2.40. The van der Waals surface area contributed by atoms with Gasteiger partial charge in [-0.2, -0.15) is 5.10 Å². The molecule has 32 heavy (non-hydrogen) atoms. The summed E-state index contributed by atoms with van der Waals surface area (Å²) in [6.07, 6.45) is 3.57. The van der Waals surface area contributed by atoms with E-state index >= 15 is 0 Å². The second-order valence-electron chi connectivity index (χ2n) is 8.28. The fourth-order valence-electron chi connectivity index (χ4n) is 4.35. The zero-order valence-corrected chi connectivity index (χ0v) is 17.6. The molecule has 7 nitrogen and oxygen atoms in total. The van der Waals surface area contributed by atoms with Crippen LogP contribution in [0.2, 0.25) is 0 Å². The molecular formula is C25H24N4O3. The first-order chi connectivity index (χ1) is 15.6. The number of hydrogen-bond acceptors (Lipinski definition) is 5. The number of aromatic amines is 1. The molecule has 0 radical (unpaired) electrons. The van der Waals surface area contributed by atoms with E-state index in [-0.39, 0.29) is 17.7 Å². The fourth-order valence-corrected chi connectivity index (χ4v) is 4.35. The number of hydrogen-bond donors (Lipinski definition) is 2. The summed E-state index contributed by atoms with van der Waals surface area (Å²) >= 11 is 0. The third-order valence-corrected chi connectivity index (χ3v) is 6.03. The molecule has 0 saturated carbocycles. The van der Waals surface area contributed by atoms with E-state index in [4.69, 9.17) is 0 Å². The highest BCUT2D eigenvalue weighted by atomic mass is 16.3. The smallest absolute Gasteiger partial charge is 0.274 e. The lowest BCUT2D eigenvalue weighted by Gasteiger charge is -2.30. The summed E-state index contributed by atoms with van der Waals surface area (Å²) in [5.74, 6) is 0. The van der Waals surface area contributed by atoms with E-state index in [9.17, 15) is 14.7 Å². The summed E-state index contributed by atoms with van der Waals surface area (Å²) in [5, 5.41) is 16.2. The number of H-pyrrole nitrogens is 1. The second kappa shape index (κ2) is 8.53. The lowest BCUT2D eigenvalue weighted by molar-refractivity contribution is 0.0878. The molecule has 162 valence electrons. The molecule has 1 atom stereocenters. The second-order valence-corrected chi connectivity index (χ2v) is 8.28. The number of nitrogens with zero attached hydrogens (tertiary/aromatic N) is 3. The predicted molar refractivity (Wildman–Crippen MR) is 123 cm³/mol. The van der Waals surface area contributed by atoms with Gasteiger partial charge in [0.2, 0.25) is 5.56 Å². The van der Waals surface area contributed by atoms with Gasteiger partial charge in [-0.3, -0.25) is 14.5 Å². The molecule has 2 N–H and O–H groups in total. The first-order valence-electron chi connectivity index (χ1n) is 10.7. The van der Waals surface area contributed by atoms with E-state index in [1.165, 1.54) is 21.9 Å². The van der Waals surface area contributed by atoms with Gasteiger partial charge in [0.15, 0.2) is 0 Å². The number of fused-ring (bicyclic) bond motifs is 2. The van der Waals surface area contributed by atoms with Gasteiger partial charge < -0.3 is 10.1 Å². The predicted octanol–water partition coefficient (Wildman–Crippen LogP) is 2.17. The Kier molecular flexibility index (Phi) is 5.43. The van der Waals surface area contributed by atoms with Crippen molar-refractivity contribution in [1.29, 1.82) is 0 Å². The molecule has 0 spiro atoms. The number of β-amino-alcohol motifs (C(OH)–C–C–N with tert-alkyl or cyclic N) is 1. The van der Waals surface area contributed by atoms with E-state index < -0.39 is 6.10 Å². The average Bonchev–Trinajstić information content (AvgIpc) is 2.81. The topological polar surface area (TPSA) is 91.2 Å². The maximum absolute atomic E-state index is 12.9. The van der Waals surface area contributed by atoms with E-state index in [1.807, 2.05) is 18.2 Å². The number of pyridine rings is 1. The van der Waals surface area contributed by atoms with Crippen LogP contribution in [-0.4, -0.2) is 44.0 Å². The molecule has 4 aromatic rings. The molecular weight excluding hydrogens is 404 g/mol. The Morgan fingerprint density at radius 2 is 1.81 bits per heavy atom. The van der Waals surface area contributed by atoms with Gasteiger partial charge in [-0.05, 0) is 46.9 Å². The van der Waals surface area contributed by atoms with Crippen LogP contribution in [0.25, 0.3) is 21.9 Å². The van der Waals surface area contributed by atoms with Gasteiger partial charge in [-0.15, -0.1) is 0 Å². The summed E-state index contributed by atoms with van der Waals surface area (Å²) in [7, 11) is 0. The third kappa shape index (κ3) is 4.12. The van der Waals surface area contributed by atoms with Crippen molar-refractivity contribution in [2.75, 3.05) is 13.1 Å². The summed E-state index contributed by atoms with van der Waals surface area (Å²) in [6, 6.07) is 17.1. The van der Waals surface area contributed by atoms with E-state index in [1.54, 1.807) is 24.5 Å². The number of rotatable bonds is 5. The first-order valence-corrected chi connectivity index (χ1v) is 10.7. The SMILES string of the molecule is O=c1ccc(-c2ccc3c(=O)n(C[C@H](O)CN4CCc5ccccc5C4)ncc3c2)c[nH]1. The van der Waals surface area contributed by atoms with Crippen molar-refractivity contribution in [1.82, 2.24) is 19.7 Å². The highest BCUT2D eigenvalue weighted by molar-refractivity contribution is 5.85. The molecule has 0 amide bonds. The molecule has 1 aliphatic rings. The molecule has 7 heteroatoms. The van der Waals surface area contributed by atoms with Crippen LogP contribution in [0.3, 0.4) is 0 Å². The van der Waals surface area contributed by atoms with Crippen molar-refractivity contribution in [2.45, 2.75) is 25.6 Å². The molecule has 0 aliphatic carbocycles. The van der Waals surface area contributed by atoms with Crippen molar-refractivity contribution in [3.63, 3.8) is 0 Å². The highest BCUT2D eigenvalue weighted by Crippen LogP contribution is 2.22. The first kappa shape index (κ1) is 20.4. The van der Waals surface area contributed by atoms with E-state index in [2.05, 4.69) is 33.2 Å². The van der Waals surface area contributed by atoms with Gasteiger partial charge in [-0.25, -0.2) is 4.68 Å². The van der Waals surface area contributed by atoms with Gasteiger partial charge in [0, 0.05) is 37.3 Å². The normalized spacial score (nSPS) is 14.9. The van der Waals surface area contributed by atoms with Crippen molar-refractivity contribution in [3.8, 4) is 11.1 Å². The summed E-state index contributed by atoms with van der Waals surface area (Å²) < 4.78 is 1.34. The average molecular weight is 428 g/mol. The van der Waals surface area contributed by atoms with Crippen LogP contribution in [0.1, 0.15) is 11.1 Å². The molecule has 2 aromatic carbocycles. The van der Waals surface area contributed by atoms with Crippen LogP contribution in [0, 0.1) is 0 Å². The minimum atomic E-state index is -0.691. The van der Waals surface area contributed by atoms with Gasteiger partial charge in [0.25, 0.3) is 5.56 Å². The number of benzene rings is 2. The zero-order valence-electron chi connectivity index (χ0n) is 17.6. The minimum Gasteiger partial charge on any atom is -0.390 e. The monoisotopic (exact) mass is 428 g/mol. The molecule has 0 unspecified atom stereocenters. The third-order valence-electron chi connectivity index (χ3n) is 6.03. The molecule has 1 aliphatic heterocycles. The van der Waals surface area contributed by atoms with Crippen LogP contribution < -0.4 is 11.1 Å². The van der Waals surface area contributed by atoms with Gasteiger partial charge in [-0.1, -0.05) is 30.3 Å². The Hall–Kier alpha value is -3.55. The standard InChI is InChI=1S/C25H24N4O3/c30-22(15-28-10-9-17-3-1-2-4-20(17)14-28)16-29-25(32)23-7-5-18(11-21(23)13-27-29)19-6-8-24(31)26-12-19/h1-8,11-13,22,30H,9-10,14-16H2,(H,26,31)/t22-/m1/s1. The largest absolute Gasteiger partial charge is 0.390 e. The Balaban J connectivity index is 1.31. The highest BCUT2D eigenvalue weighted by Gasteiger charge is 2.19. The molecule has 0 fully saturated rings. The molecule has 0 saturated heterocycles. The van der Waals surface area contributed by atoms with Crippen LogP contribution in [0.5, 0.6) is 0 Å². The molecule has 3 heterocycles. The van der Waals surface area contributed by atoms with Crippen LogP contribution >= 0.6 is 0 Å². The zero-order chi connectivity index (χ0) is 22.1. The Bertz CT molecular complexity index is 1370. The van der Waals surface area contributed by atoms with Crippen LogP contribution in [0.15, 0.2) is 76.6 Å². The minimum absolute atomic E-state index is 0.147. The fraction of sp³-hybridized carbons (Fsp3) is 0.240. The van der Waals surface area contributed by atoms with Crippen LogP contribution in [-0.2, 0) is 19.5 Å². The van der Waals surface area contributed by atoms with Crippen molar-refractivity contribution < 1.29 is 5.11 Å². The molecule has 2 aromatic heterocycles. The number of aromatic nitrogens is 3. The van der Waals surface area contributed by atoms with Crippen molar-refractivity contribution in [2.24, 2.45) is 0 Å².